The molecule has 0 radical (unpaired) electrons. The number of alkyl halides is 3. The van der Waals surface area contributed by atoms with Crippen molar-refractivity contribution in [1.29, 1.82) is 0 Å². The van der Waals surface area contributed by atoms with Crippen LogP contribution >= 0.6 is 57.4 Å². The first kappa shape index (κ1) is 16.1. The molecule has 0 bridgehead atoms. The highest BCUT2D eigenvalue weighted by Crippen LogP contribution is 2.39. The number of pyridine rings is 1. The van der Waals surface area contributed by atoms with Crippen molar-refractivity contribution in [2.45, 2.75) is 6.18 Å². The van der Waals surface area contributed by atoms with Gasteiger partial charge in [-0.15, -0.1) is 0 Å². The van der Waals surface area contributed by atoms with Gasteiger partial charge >= 0.3 is 6.18 Å². The number of aromatic nitrogens is 1. The van der Waals surface area contributed by atoms with Gasteiger partial charge in [0.2, 0.25) is 0 Å². The van der Waals surface area contributed by atoms with Crippen LogP contribution in [-0.4, -0.2) is 4.98 Å². The van der Waals surface area contributed by atoms with Gasteiger partial charge < -0.3 is 0 Å². The van der Waals surface area contributed by atoms with Crippen LogP contribution < -0.4 is 0 Å². The molecular formula is C12H4Cl3F3IN. The van der Waals surface area contributed by atoms with E-state index in [9.17, 15) is 13.2 Å². The van der Waals surface area contributed by atoms with Gasteiger partial charge in [-0.05, 0) is 46.9 Å². The average Bonchev–Trinajstić information content (AvgIpc) is 2.28. The van der Waals surface area contributed by atoms with E-state index in [1.54, 1.807) is 0 Å². The average molecular weight is 452 g/mol. The number of hydrogen-bond acceptors (Lipinski definition) is 1. The highest BCUT2D eigenvalue weighted by Gasteiger charge is 2.33. The Morgan fingerprint density at radius 3 is 2.05 bits per heavy atom. The Kier molecular flexibility index (Phi) is 4.73. The molecule has 20 heavy (non-hydrogen) atoms. The molecule has 1 aromatic heterocycles. The Labute approximate surface area is 141 Å². The Hall–Kier alpha value is -0.240. The normalized spacial score (nSPS) is 11.8. The summed E-state index contributed by atoms with van der Waals surface area (Å²) >= 11 is 19.7. The van der Waals surface area contributed by atoms with Crippen LogP contribution in [0.2, 0.25) is 15.1 Å². The van der Waals surface area contributed by atoms with Gasteiger partial charge in [0, 0.05) is 14.2 Å². The van der Waals surface area contributed by atoms with E-state index in [4.69, 9.17) is 34.8 Å². The second-order valence-electron chi connectivity index (χ2n) is 3.77. The van der Waals surface area contributed by atoms with E-state index in [-0.39, 0.29) is 21.3 Å². The minimum atomic E-state index is -4.54. The third-order valence-corrected chi connectivity index (χ3v) is 4.07. The first-order valence-electron chi connectivity index (χ1n) is 5.09. The number of rotatable bonds is 1. The molecule has 0 N–H and O–H groups in total. The molecule has 0 atom stereocenters. The van der Waals surface area contributed by atoms with E-state index < -0.39 is 11.9 Å². The predicted molar refractivity (Wildman–Crippen MR) is 82.4 cm³/mol. The second-order valence-corrected chi connectivity index (χ2v) is 6.18. The van der Waals surface area contributed by atoms with Crippen LogP contribution in [0.5, 0.6) is 0 Å². The summed E-state index contributed by atoms with van der Waals surface area (Å²) in [6.07, 6.45) is -4.54. The maximum Gasteiger partial charge on any atom is 0.433 e. The molecular weight excluding hydrogens is 448 g/mol. The monoisotopic (exact) mass is 451 g/mol. The van der Waals surface area contributed by atoms with Crippen LogP contribution in [0.25, 0.3) is 11.3 Å². The van der Waals surface area contributed by atoms with Crippen molar-refractivity contribution in [3.05, 3.63) is 48.6 Å². The maximum absolute atomic E-state index is 12.7. The van der Waals surface area contributed by atoms with E-state index in [2.05, 4.69) is 4.98 Å². The zero-order valence-electron chi connectivity index (χ0n) is 9.40. The van der Waals surface area contributed by atoms with Crippen LogP contribution in [0.15, 0.2) is 24.3 Å². The number of halogens is 7. The standard InChI is InChI=1S/C12H4Cl3F3IN/c13-5-3-6(14)10(7(15)4-5)11-8(19)1-2-9(20-11)12(16,17)18/h1-4H. The van der Waals surface area contributed by atoms with Gasteiger partial charge in [-0.1, -0.05) is 34.8 Å². The van der Waals surface area contributed by atoms with Gasteiger partial charge in [-0.25, -0.2) is 4.98 Å². The van der Waals surface area contributed by atoms with Crippen LogP contribution in [0.4, 0.5) is 13.2 Å². The van der Waals surface area contributed by atoms with Gasteiger partial charge in [-0.3, -0.25) is 0 Å². The van der Waals surface area contributed by atoms with E-state index in [0.717, 1.165) is 6.07 Å². The molecule has 0 amide bonds. The van der Waals surface area contributed by atoms with Crippen LogP contribution in [0, 0.1) is 3.57 Å². The van der Waals surface area contributed by atoms with Crippen molar-refractivity contribution >= 4 is 57.4 Å². The highest BCUT2D eigenvalue weighted by molar-refractivity contribution is 14.1. The lowest BCUT2D eigenvalue weighted by Gasteiger charge is -2.12. The third kappa shape index (κ3) is 3.32. The lowest BCUT2D eigenvalue weighted by atomic mass is 10.1. The Morgan fingerprint density at radius 2 is 1.55 bits per heavy atom. The molecule has 0 fully saturated rings. The molecule has 2 aromatic rings. The van der Waals surface area contributed by atoms with Crippen molar-refractivity contribution in [2.24, 2.45) is 0 Å². The van der Waals surface area contributed by atoms with Crippen molar-refractivity contribution in [3.63, 3.8) is 0 Å². The topological polar surface area (TPSA) is 12.9 Å². The molecule has 0 aliphatic carbocycles. The van der Waals surface area contributed by atoms with Crippen molar-refractivity contribution in [2.75, 3.05) is 0 Å². The van der Waals surface area contributed by atoms with Crippen LogP contribution in [0.1, 0.15) is 5.69 Å². The lowest BCUT2D eigenvalue weighted by molar-refractivity contribution is -0.141. The van der Waals surface area contributed by atoms with Crippen molar-refractivity contribution < 1.29 is 13.2 Å². The molecule has 106 valence electrons. The molecule has 0 unspecified atom stereocenters. The summed E-state index contributed by atoms with van der Waals surface area (Å²) in [7, 11) is 0. The first-order valence-corrected chi connectivity index (χ1v) is 7.30. The number of nitrogens with zero attached hydrogens (tertiary/aromatic N) is 1. The molecule has 0 saturated carbocycles. The fraction of sp³-hybridized carbons (Fsp3) is 0.0833. The molecule has 0 aliphatic heterocycles. The SMILES string of the molecule is FC(F)(F)c1ccc(I)c(-c2c(Cl)cc(Cl)cc2Cl)n1. The minimum Gasteiger partial charge on any atom is -0.242 e. The zero-order valence-corrected chi connectivity index (χ0v) is 13.8. The van der Waals surface area contributed by atoms with Gasteiger partial charge in [-0.2, -0.15) is 13.2 Å². The fourth-order valence-corrected chi connectivity index (χ4v) is 3.11. The maximum atomic E-state index is 12.7. The molecule has 2 rings (SSSR count). The molecule has 1 heterocycles. The minimum absolute atomic E-state index is 0.0760. The largest absolute Gasteiger partial charge is 0.433 e. The smallest absolute Gasteiger partial charge is 0.242 e. The van der Waals surface area contributed by atoms with E-state index in [1.807, 2.05) is 22.6 Å². The third-order valence-electron chi connectivity index (χ3n) is 2.38. The van der Waals surface area contributed by atoms with Gasteiger partial charge in [0.25, 0.3) is 0 Å². The fourth-order valence-electron chi connectivity index (χ4n) is 1.54. The molecule has 0 saturated heterocycles. The summed E-state index contributed by atoms with van der Waals surface area (Å²) < 4.78 is 38.7. The lowest BCUT2D eigenvalue weighted by Crippen LogP contribution is -2.09. The summed E-state index contributed by atoms with van der Waals surface area (Å²) in [5.74, 6) is 0. The predicted octanol–water partition coefficient (Wildman–Crippen LogP) is 6.33. The van der Waals surface area contributed by atoms with Gasteiger partial charge in [0.1, 0.15) is 5.69 Å². The van der Waals surface area contributed by atoms with E-state index in [0.29, 0.717) is 8.59 Å². The first-order chi connectivity index (χ1) is 9.20. The van der Waals surface area contributed by atoms with Crippen molar-refractivity contribution in [3.8, 4) is 11.3 Å². The number of benzene rings is 1. The van der Waals surface area contributed by atoms with Crippen molar-refractivity contribution in [1.82, 2.24) is 4.98 Å². The molecule has 1 nitrogen and oxygen atoms in total. The Balaban J connectivity index is 2.70. The van der Waals surface area contributed by atoms with Gasteiger partial charge in [0.15, 0.2) is 0 Å². The summed E-state index contributed by atoms with van der Waals surface area (Å²) in [5.41, 5.74) is -0.699. The summed E-state index contributed by atoms with van der Waals surface area (Å²) in [6, 6.07) is 5.03. The van der Waals surface area contributed by atoms with Crippen LogP contribution in [-0.2, 0) is 6.18 Å². The van der Waals surface area contributed by atoms with E-state index >= 15 is 0 Å². The molecule has 0 spiro atoms. The molecule has 0 aliphatic rings. The quantitative estimate of drug-likeness (QED) is 0.461. The Bertz CT molecular complexity index is 650. The highest BCUT2D eigenvalue weighted by atomic mass is 127. The summed E-state index contributed by atoms with van der Waals surface area (Å²) in [4.78, 5) is 3.62. The summed E-state index contributed by atoms with van der Waals surface area (Å²) in [5, 5.41) is 0.588. The van der Waals surface area contributed by atoms with Crippen LogP contribution in [0.3, 0.4) is 0 Å². The molecule has 1 aromatic carbocycles. The molecule has 8 heteroatoms. The number of hydrogen-bond donors (Lipinski definition) is 0. The second kappa shape index (κ2) is 5.87. The zero-order chi connectivity index (χ0) is 15.1. The van der Waals surface area contributed by atoms with E-state index in [1.165, 1.54) is 18.2 Å². The Morgan fingerprint density at radius 1 is 1.00 bits per heavy atom. The summed E-state index contributed by atoms with van der Waals surface area (Å²) in [6.45, 7) is 0. The van der Waals surface area contributed by atoms with Gasteiger partial charge in [0.05, 0.1) is 15.7 Å².